The van der Waals surface area contributed by atoms with Crippen molar-refractivity contribution in [1.29, 1.82) is 0 Å². The molecule has 1 amide bonds. The molecule has 2 rings (SSSR count). The van der Waals surface area contributed by atoms with E-state index in [1.54, 1.807) is 0 Å². The van der Waals surface area contributed by atoms with Crippen molar-refractivity contribution in [1.82, 2.24) is 5.32 Å². The Bertz CT molecular complexity index is 492. The molecule has 1 N–H and O–H groups in total. The molecule has 1 aromatic rings. The van der Waals surface area contributed by atoms with Crippen LogP contribution in [0.3, 0.4) is 0 Å². The summed E-state index contributed by atoms with van der Waals surface area (Å²) < 4.78 is 5.08. The highest BCUT2D eigenvalue weighted by Gasteiger charge is 2.25. The van der Waals surface area contributed by atoms with E-state index < -0.39 is 0 Å². The van der Waals surface area contributed by atoms with Gasteiger partial charge in [0.2, 0.25) is 5.91 Å². The molecule has 4 heteroatoms. The summed E-state index contributed by atoms with van der Waals surface area (Å²) in [6.07, 6.45) is 2.63. The maximum Gasteiger partial charge on any atom is 0.325 e. The molecule has 0 radical (unpaired) electrons. The van der Waals surface area contributed by atoms with Crippen molar-refractivity contribution in [2.45, 2.75) is 38.5 Å². The van der Waals surface area contributed by atoms with E-state index >= 15 is 0 Å². The first-order valence-electron chi connectivity index (χ1n) is 7.45. The van der Waals surface area contributed by atoms with Crippen molar-refractivity contribution >= 4 is 11.9 Å². The van der Waals surface area contributed by atoms with Crippen molar-refractivity contribution in [3.63, 3.8) is 0 Å². The van der Waals surface area contributed by atoms with Crippen molar-refractivity contribution in [2.75, 3.05) is 13.2 Å². The highest BCUT2D eigenvalue weighted by atomic mass is 16.5. The lowest BCUT2D eigenvalue weighted by atomic mass is 9.81. The lowest BCUT2D eigenvalue weighted by molar-refractivity contribution is -0.144. The van der Waals surface area contributed by atoms with Crippen molar-refractivity contribution < 1.29 is 14.3 Å². The summed E-state index contributed by atoms with van der Waals surface area (Å²) in [6.45, 7) is 4.49. The summed E-state index contributed by atoms with van der Waals surface area (Å²) in [5.74, 6) is 0.0571. The molecule has 0 saturated heterocycles. The fourth-order valence-corrected chi connectivity index (χ4v) is 2.17. The van der Waals surface area contributed by atoms with Gasteiger partial charge in [-0.2, -0.15) is 0 Å². The standard InChI is InChI=1S/C17H23NO3/c1-17(2,14-6-4-3-5-7-14)10-15(19)18-11-16(20)21-12-13-8-9-13/h3-7,13H,8-12H2,1-2H3,(H,18,19). The van der Waals surface area contributed by atoms with Gasteiger partial charge >= 0.3 is 5.97 Å². The molecule has 1 saturated carbocycles. The largest absolute Gasteiger partial charge is 0.464 e. The topological polar surface area (TPSA) is 55.4 Å². The highest BCUT2D eigenvalue weighted by Crippen LogP contribution is 2.28. The molecule has 0 aliphatic heterocycles. The fourth-order valence-electron chi connectivity index (χ4n) is 2.17. The fraction of sp³-hybridized carbons (Fsp3) is 0.529. The van der Waals surface area contributed by atoms with Crippen LogP contribution in [0.15, 0.2) is 30.3 Å². The Morgan fingerprint density at radius 1 is 1.24 bits per heavy atom. The molecule has 0 aromatic heterocycles. The summed E-state index contributed by atoms with van der Waals surface area (Å²) in [5, 5.41) is 2.64. The molecule has 1 fully saturated rings. The van der Waals surface area contributed by atoms with Crippen LogP contribution in [0.4, 0.5) is 0 Å². The summed E-state index contributed by atoms with van der Waals surface area (Å²) in [4.78, 5) is 23.4. The van der Waals surface area contributed by atoms with Gasteiger partial charge in [0, 0.05) is 6.42 Å². The normalized spacial score (nSPS) is 14.6. The van der Waals surface area contributed by atoms with Crippen LogP contribution in [-0.2, 0) is 19.7 Å². The Balaban J connectivity index is 1.74. The Morgan fingerprint density at radius 3 is 2.52 bits per heavy atom. The molecule has 0 spiro atoms. The molecule has 0 unspecified atom stereocenters. The van der Waals surface area contributed by atoms with Crippen LogP contribution >= 0.6 is 0 Å². The summed E-state index contributed by atoms with van der Waals surface area (Å²) >= 11 is 0. The number of rotatable bonds is 7. The molecule has 0 bridgehead atoms. The Morgan fingerprint density at radius 2 is 1.90 bits per heavy atom. The summed E-state index contributed by atoms with van der Waals surface area (Å²) in [6, 6.07) is 9.90. The van der Waals surface area contributed by atoms with Crippen LogP contribution in [0.5, 0.6) is 0 Å². The predicted octanol–water partition coefficient (Wildman–Crippen LogP) is 2.42. The number of benzene rings is 1. The molecule has 1 aromatic carbocycles. The maximum atomic E-state index is 12.0. The van der Waals surface area contributed by atoms with Gasteiger partial charge < -0.3 is 10.1 Å². The average Bonchev–Trinajstić information content (AvgIpc) is 3.27. The smallest absolute Gasteiger partial charge is 0.325 e. The number of ether oxygens (including phenoxy) is 1. The van der Waals surface area contributed by atoms with E-state index in [1.165, 1.54) is 0 Å². The Kier molecular flexibility index (Phi) is 4.99. The van der Waals surface area contributed by atoms with E-state index in [2.05, 4.69) is 5.32 Å². The first-order chi connectivity index (χ1) is 9.97. The maximum absolute atomic E-state index is 12.0. The van der Waals surface area contributed by atoms with Crippen LogP contribution in [-0.4, -0.2) is 25.0 Å². The number of hydrogen-bond acceptors (Lipinski definition) is 3. The van der Waals surface area contributed by atoms with Crippen molar-refractivity contribution in [3.05, 3.63) is 35.9 Å². The third-order valence-corrected chi connectivity index (χ3v) is 3.76. The van der Waals surface area contributed by atoms with Crippen molar-refractivity contribution in [2.24, 2.45) is 5.92 Å². The lowest BCUT2D eigenvalue weighted by Crippen LogP contribution is -2.35. The average molecular weight is 289 g/mol. The number of carbonyl (C=O) groups excluding carboxylic acids is 2. The third-order valence-electron chi connectivity index (χ3n) is 3.76. The van der Waals surface area contributed by atoms with Gasteiger partial charge in [-0.15, -0.1) is 0 Å². The predicted molar refractivity (Wildman–Crippen MR) is 80.8 cm³/mol. The zero-order chi connectivity index (χ0) is 15.3. The highest BCUT2D eigenvalue weighted by molar-refractivity contribution is 5.82. The lowest BCUT2D eigenvalue weighted by Gasteiger charge is -2.24. The van der Waals surface area contributed by atoms with Gasteiger partial charge in [0.25, 0.3) is 0 Å². The number of carbonyl (C=O) groups is 2. The molecule has 4 nitrogen and oxygen atoms in total. The first kappa shape index (κ1) is 15.5. The molecule has 0 heterocycles. The number of nitrogens with one attached hydrogen (secondary N) is 1. The Hall–Kier alpha value is -1.84. The van der Waals surface area contributed by atoms with Gasteiger partial charge in [0.1, 0.15) is 6.54 Å². The second-order valence-corrected chi connectivity index (χ2v) is 6.33. The molecule has 21 heavy (non-hydrogen) atoms. The summed E-state index contributed by atoms with van der Waals surface area (Å²) in [7, 11) is 0. The van der Waals surface area contributed by atoms with Crippen LogP contribution < -0.4 is 5.32 Å². The van der Waals surface area contributed by atoms with Crippen LogP contribution in [0.1, 0.15) is 38.7 Å². The minimum Gasteiger partial charge on any atom is -0.464 e. The number of hydrogen-bond donors (Lipinski definition) is 1. The van der Waals surface area contributed by atoms with E-state index in [1.807, 2.05) is 44.2 Å². The van der Waals surface area contributed by atoms with Gasteiger partial charge in [-0.25, -0.2) is 0 Å². The van der Waals surface area contributed by atoms with Gasteiger partial charge in [0.05, 0.1) is 6.61 Å². The first-order valence-corrected chi connectivity index (χ1v) is 7.45. The quantitative estimate of drug-likeness (QED) is 0.784. The zero-order valence-electron chi connectivity index (χ0n) is 12.7. The summed E-state index contributed by atoms with van der Waals surface area (Å²) in [5.41, 5.74) is 0.847. The van der Waals surface area contributed by atoms with Gasteiger partial charge in [-0.05, 0) is 29.7 Å². The van der Waals surface area contributed by atoms with Crippen LogP contribution in [0, 0.1) is 5.92 Å². The molecule has 1 aliphatic carbocycles. The number of amides is 1. The third kappa shape index (κ3) is 5.21. The minimum atomic E-state index is -0.354. The van der Waals surface area contributed by atoms with Gasteiger partial charge in [0.15, 0.2) is 0 Å². The molecular formula is C17H23NO3. The van der Waals surface area contributed by atoms with E-state index in [0.29, 0.717) is 18.9 Å². The van der Waals surface area contributed by atoms with Crippen LogP contribution in [0.25, 0.3) is 0 Å². The van der Waals surface area contributed by atoms with Gasteiger partial charge in [-0.1, -0.05) is 44.2 Å². The molecule has 114 valence electrons. The SMILES string of the molecule is CC(C)(CC(=O)NCC(=O)OCC1CC1)c1ccccc1. The zero-order valence-corrected chi connectivity index (χ0v) is 12.7. The van der Waals surface area contributed by atoms with E-state index in [4.69, 9.17) is 4.74 Å². The van der Waals surface area contributed by atoms with E-state index in [0.717, 1.165) is 18.4 Å². The molecule has 0 atom stereocenters. The van der Waals surface area contributed by atoms with Crippen molar-refractivity contribution in [3.8, 4) is 0 Å². The molecule has 1 aliphatic rings. The molecular weight excluding hydrogens is 266 g/mol. The Labute approximate surface area is 125 Å². The number of esters is 1. The van der Waals surface area contributed by atoms with Gasteiger partial charge in [-0.3, -0.25) is 9.59 Å². The second kappa shape index (κ2) is 6.74. The monoisotopic (exact) mass is 289 g/mol. The van der Waals surface area contributed by atoms with E-state index in [9.17, 15) is 9.59 Å². The van der Waals surface area contributed by atoms with Crippen LogP contribution in [0.2, 0.25) is 0 Å². The second-order valence-electron chi connectivity index (χ2n) is 6.33. The minimum absolute atomic E-state index is 0.0452. The van der Waals surface area contributed by atoms with E-state index in [-0.39, 0.29) is 23.8 Å².